The fourth-order valence-electron chi connectivity index (χ4n) is 1.88. The Morgan fingerprint density at radius 3 is 2.44 bits per heavy atom. The summed E-state index contributed by atoms with van der Waals surface area (Å²) >= 11 is 1.47. The van der Waals surface area contributed by atoms with Crippen molar-refractivity contribution in [1.29, 1.82) is 0 Å². The van der Waals surface area contributed by atoms with Gasteiger partial charge in [-0.25, -0.2) is 4.98 Å². The highest BCUT2D eigenvalue weighted by molar-refractivity contribution is 7.23. The molecule has 2 aromatic carbocycles. The quantitative estimate of drug-likeness (QED) is 0.684. The van der Waals surface area contributed by atoms with E-state index < -0.39 is 7.12 Å². The molecule has 3 rings (SSSR count). The van der Waals surface area contributed by atoms with Crippen LogP contribution in [-0.4, -0.2) is 22.2 Å². The van der Waals surface area contributed by atoms with Gasteiger partial charge in [-0.05, 0) is 6.07 Å². The van der Waals surface area contributed by atoms with Gasteiger partial charge in [-0.15, -0.1) is 11.3 Å². The molecular weight excluding hydrogens is 245 g/mol. The Bertz CT molecular complexity index is 682. The van der Waals surface area contributed by atoms with Crippen LogP contribution >= 0.6 is 11.3 Å². The van der Waals surface area contributed by atoms with Crippen LogP contribution in [0, 0.1) is 0 Å². The zero-order valence-electron chi connectivity index (χ0n) is 9.45. The van der Waals surface area contributed by atoms with E-state index in [1.54, 1.807) is 12.1 Å². The van der Waals surface area contributed by atoms with Crippen molar-refractivity contribution in [1.82, 2.24) is 4.98 Å². The van der Waals surface area contributed by atoms with Gasteiger partial charge >= 0.3 is 7.12 Å². The van der Waals surface area contributed by atoms with Crippen LogP contribution in [0.1, 0.15) is 0 Å². The Balaban J connectivity index is 2.20. The van der Waals surface area contributed by atoms with E-state index in [1.807, 2.05) is 36.4 Å². The molecule has 0 bridgehead atoms. The molecule has 0 spiro atoms. The Labute approximate surface area is 109 Å². The minimum Gasteiger partial charge on any atom is -0.423 e. The minimum absolute atomic E-state index is 0.507. The van der Waals surface area contributed by atoms with E-state index >= 15 is 0 Å². The lowest BCUT2D eigenvalue weighted by molar-refractivity contribution is 0.426. The van der Waals surface area contributed by atoms with Crippen LogP contribution in [0.25, 0.3) is 20.8 Å². The van der Waals surface area contributed by atoms with Crippen molar-refractivity contribution in [3.05, 3.63) is 48.5 Å². The molecule has 0 aliphatic heterocycles. The first-order valence-electron chi connectivity index (χ1n) is 5.57. The van der Waals surface area contributed by atoms with Crippen LogP contribution in [-0.2, 0) is 0 Å². The molecule has 88 valence electrons. The van der Waals surface area contributed by atoms with Crippen LogP contribution in [0.15, 0.2) is 48.5 Å². The van der Waals surface area contributed by atoms with E-state index in [9.17, 15) is 10.0 Å². The zero-order valence-corrected chi connectivity index (χ0v) is 10.3. The predicted molar refractivity (Wildman–Crippen MR) is 74.9 cm³/mol. The molecule has 0 atom stereocenters. The first kappa shape index (κ1) is 11.4. The molecule has 18 heavy (non-hydrogen) atoms. The average molecular weight is 255 g/mol. The summed E-state index contributed by atoms with van der Waals surface area (Å²) in [7, 11) is -1.46. The third kappa shape index (κ3) is 1.92. The molecule has 0 saturated heterocycles. The fraction of sp³-hybridized carbons (Fsp3) is 0. The lowest BCUT2D eigenvalue weighted by Gasteiger charge is -1.98. The lowest BCUT2D eigenvalue weighted by Crippen LogP contribution is -2.29. The van der Waals surface area contributed by atoms with Gasteiger partial charge in [0, 0.05) is 11.0 Å². The summed E-state index contributed by atoms with van der Waals surface area (Å²) in [5.41, 5.74) is 2.34. The molecule has 3 nitrogen and oxygen atoms in total. The van der Waals surface area contributed by atoms with Crippen LogP contribution in [0.4, 0.5) is 0 Å². The van der Waals surface area contributed by atoms with Crippen LogP contribution in [0.3, 0.4) is 0 Å². The highest BCUT2D eigenvalue weighted by Crippen LogP contribution is 2.28. The van der Waals surface area contributed by atoms with E-state index in [-0.39, 0.29) is 0 Å². The Morgan fingerprint density at radius 1 is 0.944 bits per heavy atom. The summed E-state index contributed by atoms with van der Waals surface area (Å²) < 4.78 is 0.825. The maximum Gasteiger partial charge on any atom is 0.489 e. The SMILES string of the molecule is OB(O)c1cccc2nc(-c3ccccc3)sc12. The Hall–Kier alpha value is -1.69. The molecule has 2 N–H and O–H groups in total. The smallest absolute Gasteiger partial charge is 0.423 e. The number of benzene rings is 2. The van der Waals surface area contributed by atoms with Crippen LogP contribution in [0.2, 0.25) is 0 Å². The zero-order chi connectivity index (χ0) is 12.5. The van der Waals surface area contributed by atoms with Gasteiger partial charge in [0.25, 0.3) is 0 Å². The predicted octanol–water partition coefficient (Wildman–Crippen LogP) is 1.64. The third-order valence-electron chi connectivity index (χ3n) is 2.74. The molecule has 3 aromatic rings. The minimum atomic E-state index is -1.46. The van der Waals surface area contributed by atoms with Crippen molar-refractivity contribution in [3.63, 3.8) is 0 Å². The van der Waals surface area contributed by atoms with Crippen LogP contribution in [0.5, 0.6) is 0 Å². The van der Waals surface area contributed by atoms with Crippen molar-refractivity contribution in [2.45, 2.75) is 0 Å². The van der Waals surface area contributed by atoms with Gasteiger partial charge in [-0.3, -0.25) is 0 Å². The van der Waals surface area contributed by atoms with E-state index in [4.69, 9.17) is 0 Å². The Morgan fingerprint density at radius 2 is 1.72 bits per heavy atom. The van der Waals surface area contributed by atoms with Crippen molar-refractivity contribution in [2.75, 3.05) is 0 Å². The van der Waals surface area contributed by atoms with Gasteiger partial charge in [0.05, 0.1) is 10.2 Å². The summed E-state index contributed by atoms with van der Waals surface area (Å²) in [6.07, 6.45) is 0. The number of thiazole rings is 1. The number of rotatable bonds is 2. The molecule has 0 radical (unpaired) electrons. The molecule has 0 amide bonds. The number of fused-ring (bicyclic) bond motifs is 1. The molecule has 0 aliphatic rings. The first-order chi connectivity index (χ1) is 8.75. The number of nitrogens with zero attached hydrogens (tertiary/aromatic N) is 1. The lowest BCUT2D eigenvalue weighted by atomic mass is 9.80. The first-order valence-corrected chi connectivity index (χ1v) is 6.38. The monoisotopic (exact) mass is 255 g/mol. The highest BCUT2D eigenvalue weighted by atomic mass is 32.1. The van der Waals surface area contributed by atoms with E-state index in [0.29, 0.717) is 5.46 Å². The maximum atomic E-state index is 9.34. The van der Waals surface area contributed by atoms with Crippen molar-refractivity contribution >= 4 is 34.1 Å². The number of aromatic nitrogens is 1. The molecule has 5 heteroatoms. The normalized spacial score (nSPS) is 10.8. The topological polar surface area (TPSA) is 53.4 Å². The third-order valence-corrected chi connectivity index (χ3v) is 3.91. The molecule has 0 aliphatic carbocycles. The second-order valence-corrected chi connectivity index (χ2v) is 4.95. The fourth-order valence-corrected chi connectivity index (χ4v) is 2.98. The standard InChI is InChI=1S/C13H10BNO2S/c16-14(17)10-7-4-8-11-12(10)18-13(15-11)9-5-2-1-3-6-9/h1-8,16-17H. The summed E-state index contributed by atoms with van der Waals surface area (Å²) in [5, 5.41) is 19.6. The molecular formula is C13H10BNO2S. The number of hydrogen-bond donors (Lipinski definition) is 2. The molecule has 0 fully saturated rings. The van der Waals surface area contributed by atoms with Gasteiger partial charge in [-0.1, -0.05) is 42.5 Å². The number of hydrogen-bond acceptors (Lipinski definition) is 4. The van der Waals surface area contributed by atoms with E-state index in [1.165, 1.54) is 11.3 Å². The van der Waals surface area contributed by atoms with Crippen molar-refractivity contribution < 1.29 is 10.0 Å². The Kier molecular flexibility index (Phi) is 2.87. The second kappa shape index (κ2) is 4.53. The molecule has 0 saturated carbocycles. The summed E-state index contributed by atoms with van der Waals surface area (Å²) in [4.78, 5) is 4.52. The summed E-state index contributed by atoms with van der Waals surface area (Å²) in [6, 6.07) is 15.2. The van der Waals surface area contributed by atoms with Gasteiger partial charge in [0.2, 0.25) is 0 Å². The van der Waals surface area contributed by atoms with Crippen molar-refractivity contribution in [3.8, 4) is 10.6 Å². The van der Waals surface area contributed by atoms with E-state index in [2.05, 4.69) is 4.98 Å². The van der Waals surface area contributed by atoms with Gasteiger partial charge in [0.15, 0.2) is 0 Å². The largest absolute Gasteiger partial charge is 0.489 e. The van der Waals surface area contributed by atoms with Gasteiger partial charge < -0.3 is 10.0 Å². The van der Waals surface area contributed by atoms with Crippen LogP contribution < -0.4 is 5.46 Å². The summed E-state index contributed by atoms with van der Waals surface area (Å²) in [6.45, 7) is 0. The van der Waals surface area contributed by atoms with Crippen molar-refractivity contribution in [2.24, 2.45) is 0 Å². The average Bonchev–Trinajstić information content (AvgIpc) is 2.83. The highest BCUT2D eigenvalue weighted by Gasteiger charge is 2.17. The van der Waals surface area contributed by atoms with E-state index in [0.717, 1.165) is 20.8 Å². The van der Waals surface area contributed by atoms with Gasteiger partial charge in [0.1, 0.15) is 5.01 Å². The molecule has 0 unspecified atom stereocenters. The molecule has 1 heterocycles. The maximum absolute atomic E-state index is 9.34. The van der Waals surface area contributed by atoms with Gasteiger partial charge in [-0.2, -0.15) is 0 Å². The molecule has 1 aromatic heterocycles. The summed E-state index contributed by atoms with van der Waals surface area (Å²) in [5.74, 6) is 0. The second-order valence-electron chi connectivity index (χ2n) is 3.95.